The van der Waals surface area contributed by atoms with Crippen molar-refractivity contribution in [1.29, 1.82) is 0 Å². The maximum absolute atomic E-state index is 6.26. The Balaban J connectivity index is 1.62. The van der Waals surface area contributed by atoms with E-state index >= 15 is 0 Å². The predicted octanol–water partition coefficient (Wildman–Crippen LogP) is 3.06. The van der Waals surface area contributed by atoms with Crippen molar-refractivity contribution in [2.45, 2.75) is 44.2 Å². The summed E-state index contributed by atoms with van der Waals surface area (Å²) in [6.07, 6.45) is 5.72. The number of aromatic nitrogens is 1. The first-order valence-electron chi connectivity index (χ1n) is 7.53. The quantitative estimate of drug-likeness (QED) is 0.929. The number of hydrogen-bond donors (Lipinski definition) is 1. The number of ether oxygens (including phenoxy) is 1. The summed E-state index contributed by atoms with van der Waals surface area (Å²) in [5, 5.41) is 1.18. The number of hydrogen-bond acceptors (Lipinski definition) is 3. The first-order valence-corrected chi connectivity index (χ1v) is 7.53. The van der Waals surface area contributed by atoms with E-state index in [1.54, 1.807) is 0 Å². The molecule has 2 heterocycles. The monoisotopic (exact) mass is 270 g/mol. The standard InChI is InChI=1S/C17H22N2O/c18-14(12-16-6-3-4-10-20-16)11-15-9-8-13-5-1-2-7-17(13)19-15/h1-2,5,7-9,14,16H,3-4,6,10-12,18H2. The van der Waals surface area contributed by atoms with Crippen molar-refractivity contribution < 1.29 is 4.74 Å². The molecule has 2 unspecified atom stereocenters. The molecule has 2 atom stereocenters. The fourth-order valence-corrected chi connectivity index (χ4v) is 2.90. The molecule has 3 nitrogen and oxygen atoms in total. The Hall–Kier alpha value is -1.45. The van der Waals surface area contributed by atoms with Crippen LogP contribution < -0.4 is 5.73 Å². The van der Waals surface area contributed by atoms with Crippen LogP contribution in [0.25, 0.3) is 10.9 Å². The van der Waals surface area contributed by atoms with Crippen LogP contribution in [-0.2, 0) is 11.2 Å². The Bertz CT molecular complexity index is 564. The first-order chi connectivity index (χ1) is 9.81. The number of pyridine rings is 1. The van der Waals surface area contributed by atoms with E-state index in [9.17, 15) is 0 Å². The SMILES string of the molecule is NC(Cc1ccc2ccccc2n1)CC1CCCCO1. The maximum atomic E-state index is 6.26. The number of para-hydroxylation sites is 1. The molecule has 0 radical (unpaired) electrons. The number of nitrogens with zero attached hydrogens (tertiary/aromatic N) is 1. The first kappa shape index (κ1) is 13.5. The van der Waals surface area contributed by atoms with Gasteiger partial charge < -0.3 is 10.5 Å². The lowest BCUT2D eigenvalue weighted by atomic mass is 9.99. The molecule has 1 aliphatic heterocycles. The molecule has 1 saturated heterocycles. The average molecular weight is 270 g/mol. The molecule has 0 bridgehead atoms. The van der Waals surface area contributed by atoms with E-state index in [1.807, 2.05) is 12.1 Å². The number of nitrogens with two attached hydrogens (primary N) is 1. The van der Waals surface area contributed by atoms with Crippen molar-refractivity contribution in [2.75, 3.05) is 6.61 Å². The van der Waals surface area contributed by atoms with Gasteiger partial charge >= 0.3 is 0 Å². The van der Waals surface area contributed by atoms with E-state index in [0.29, 0.717) is 6.10 Å². The van der Waals surface area contributed by atoms with Crippen LogP contribution in [0.15, 0.2) is 36.4 Å². The second-order valence-corrected chi connectivity index (χ2v) is 5.68. The molecule has 1 aromatic carbocycles. The van der Waals surface area contributed by atoms with E-state index in [2.05, 4.69) is 29.2 Å². The van der Waals surface area contributed by atoms with E-state index in [4.69, 9.17) is 10.5 Å². The predicted molar refractivity (Wildman–Crippen MR) is 81.6 cm³/mol. The van der Waals surface area contributed by atoms with Crippen LogP contribution in [0, 0.1) is 0 Å². The maximum Gasteiger partial charge on any atom is 0.0705 e. The van der Waals surface area contributed by atoms with Gasteiger partial charge in [0.05, 0.1) is 11.6 Å². The summed E-state index contributed by atoms with van der Waals surface area (Å²) < 4.78 is 5.76. The van der Waals surface area contributed by atoms with E-state index in [0.717, 1.165) is 37.1 Å². The summed E-state index contributed by atoms with van der Waals surface area (Å²) in [6.45, 7) is 0.894. The number of fused-ring (bicyclic) bond motifs is 1. The van der Waals surface area contributed by atoms with Crippen molar-refractivity contribution >= 4 is 10.9 Å². The molecule has 0 saturated carbocycles. The van der Waals surface area contributed by atoms with Gasteiger partial charge in [-0.25, -0.2) is 0 Å². The molecule has 1 fully saturated rings. The van der Waals surface area contributed by atoms with Crippen LogP contribution >= 0.6 is 0 Å². The molecule has 106 valence electrons. The second-order valence-electron chi connectivity index (χ2n) is 5.68. The highest BCUT2D eigenvalue weighted by molar-refractivity contribution is 5.78. The van der Waals surface area contributed by atoms with Gasteiger partial charge in [0.15, 0.2) is 0 Å². The molecule has 2 aromatic rings. The fraction of sp³-hybridized carbons (Fsp3) is 0.471. The minimum Gasteiger partial charge on any atom is -0.378 e. The van der Waals surface area contributed by atoms with Crippen LogP contribution in [0.5, 0.6) is 0 Å². The Morgan fingerprint density at radius 2 is 2.10 bits per heavy atom. The van der Waals surface area contributed by atoms with E-state index < -0.39 is 0 Å². The summed E-state index contributed by atoms with van der Waals surface area (Å²) in [5.41, 5.74) is 8.38. The van der Waals surface area contributed by atoms with Gasteiger partial charge in [-0.2, -0.15) is 0 Å². The number of benzene rings is 1. The van der Waals surface area contributed by atoms with Crippen LogP contribution in [0.2, 0.25) is 0 Å². The molecule has 3 heteroatoms. The van der Waals surface area contributed by atoms with Gasteiger partial charge in [-0.1, -0.05) is 24.3 Å². The zero-order chi connectivity index (χ0) is 13.8. The normalized spacial score (nSPS) is 20.9. The van der Waals surface area contributed by atoms with Crippen LogP contribution in [-0.4, -0.2) is 23.7 Å². The molecule has 2 N–H and O–H groups in total. The molecule has 0 spiro atoms. The molecular weight excluding hydrogens is 248 g/mol. The second kappa shape index (κ2) is 6.33. The highest BCUT2D eigenvalue weighted by Crippen LogP contribution is 2.18. The lowest BCUT2D eigenvalue weighted by Crippen LogP contribution is -2.31. The molecule has 20 heavy (non-hydrogen) atoms. The minimum atomic E-state index is 0.131. The molecule has 3 rings (SSSR count). The van der Waals surface area contributed by atoms with Crippen molar-refractivity contribution in [3.63, 3.8) is 0 Å². The van der Waals surface area contributed by atoms with Gasteiger partial charge in [0.1, 0.15) is 0 Å². The zero-order valence-corrected chi connectivity index (χ0v) is 11.8. The van der Waals surface area contributed by atoms with Gasteiger partial charge in [0.2, 0.25) is 0 Å². The lowest BCUT2D eigenvalue weighted by molar-refractivity contribution is 0.00743. The highest BCUT2D eigenvalue weighted by atomic mass is 16.5. The summed E-state index contributed by atoms with van der Waals surface area (Å²) in [7, 11) is 0. The third-order valence-corrected chi connectivity index (χ3v) is 3.97. The van der Waals surface area contributed by atoms with E-state index in [1.165, 1.54) is 18.2 Å². The third kappa shape index (κ3) is 3.35. The molecule has 1 aromatic heterocycles. The van der Waals surface area contributed by atoms with Crippen LogP contribution in [0.1, 0.15) is 31.4 Å². The van der Waals surface area contributed by atoms with Gasteiger partial charge in [0, 0.05) is 30.1 Å². The summed E-state index contributed by atoms with van der Waals surface area (Å²) in [5.74, 6) is 0. The molecule has 0 aliphatic carbocycles. The third-order valence-electron chi connectivity index (χ3n) is 3.97. The van der Waals surface area contributed by atoms with Crippen molar-refractivity contribution in [2.24, 2.45) is 5.73 Å². The van der Waals surface area contributed by atoms with Crippen molar-refractivity contribution in [3.05, 3.63) is 42.1 Å². The van der Waals surface area contributed by atoms with Crippen LogP contribution in [0.4, 0.5) is 0 Å². The molecule has 1 aliphatic rings. The van der Waals surface area contributed by atoms with Gasteiger partial charge in [-0.15, -0.1) is 0 Å². The number of rotatable bonds is 4. The van der Waals surface area contributed by atoms with Gasteiger partial charge in [-0.3, -0.25) is 4.98 Å². The Morgan fingerprint density at radius 3 is 2.95 bits per heavy atom. The Labute approximate surface area is 120 Å². The summed E-state index contributed by atoms with van der Waals surface area (Å²) in [4.78, 5) is 4.69. The van der Waals surface area contributed by atoms with Crippen molar-refractivity contribution in [1.82, 2.24) is 4.98 Å². The zero-order valence-electron chi connectivity index (χ0n) is 11.8. The summed E-state index contributed by atoms with van der Waals surface area (Å²) >= 11 is 0. The summed E-state index contributed by atoms with van der Waals surface area (Å²) in [6, 6.07) is 12.5. The smallest absolute Gasteiger partial charge is 0.0705 e. The topological polar surface area (TPSA) is 48.1 Å². The Kier molecular flexibility index (Phi) is 4.28. The molecule has 0 amide bonds. The lowest BCUT2D eigenvalue weighted by Gasteiger charge is -2.25. The van der Waals surface area contributed by atoms with Gasteiger partial charge in [-0.05, 0) is 37.8 Å². The van der Waals surface area contributed by atoms with Crippen LogP contribution in [0.3, 0.4) is 0 Å². The fourth-order valence-electron chi connectivity index (χ4n) is 2.90. The molecular formula is C17H22N2O. The van der Waals surface area contributed by atoms with Gasteiger partial charge in [0.25, 0.3) is 0 Å². The average Bonchev–Trinajstić information content (AvgIpc) is 2.48. The largest absolute Gasteiger partial charge is 0.378 e. The van der Waals surface area contributed by atoms with E-state index in [-0.39, 0.29) is 6.04 Å². The van der Waals surface area contributed by atoms with Crippen molar-refractivity contribution in [3.8, 4) is 0 Å². The minimum absolute atomic E-state index is 0.131. The Morgan fingerprint density at radius 1 is 1.20 bits per heavy atom. The highest BCUT2D eigenvalue weighted by Gasteiger charge is 2.17.